The number of aliphatic hydroxyl groups excluding tert-OH is 1. The van der Waals surface area contributed by atoms with Crippen molar-refractivity contribution >= 4 is 0 Å². The largest absolute Gasteiger partial charge is 0.393 e. The van der Waals surface area contributed by atoms with Gasteiger partial charge in [0, 0.05) is 0 Å². The van der Waals surface area contributed by atoms with Crippen LogP contribution in [-0.2, 0) is 0 Å². The van der Waals surface area contributed by atoms with Crippen molar-refractivity contribution in [3.8, 4) is 0 Å². The van der Waals surface area contributed by atoms with Gasteiger partial charge in [-0.15, -0.1) is 0 Å². The average molecular weight is 305 g/mol. The number of hydrogen-bond acceptors (Lipinski definition) is 3. The Labute approximate surface area is 135 Å². The van der Waals surface area contributed by atoms with E-state index in [1.165, 1.54) is 25.7 Å². The maximum Gasteiger partial charge on any atom is 0.120 e. The summed E-state index contributed by atoms with van der Waals surface area (Å²) in [6, 6.07) is 9.56. The van der Waals surface area contributed by atoms with E-state index in [4.69, 9.17) is 0 Å². The highest BCUT2D eigenvalue weighted by molar-refractivity contribution is 5.19. The Morgan fingerprint density at radius 3 is 2.27 bits per heavy atom. The molecule has 0 bridgehead atoms. The normalized spacial score (nSPS) is 15.2. The van der Waals surface area contributed by atoms with Gasteiger partial charge in [0.05, 0.1) is 6.10 Å². The third kappa shape index (κ3) is 7.17. The lowest BCUT2D eigenvalue weighted by Gasteiger charge is -2.23. The van der Waals surface area contributed by atoms with Crippen LogP contribution in [0.2, 0.25) is 0 Å². The van der Waals surface area contributed by atoms with E-state index in [2.05, 4.69) is 12.1 Å². The molecule has 0 radical (unpaired) electrons. The molecule has 0 saturated carbocycles. The van der Waals surface area contributed by atoms with Gasteiger partial charge in [0.15, 0.2) is 0 Å². The van der Waals surface area contributed by atoms with E-state index in [1.54, 1.807) is 0 Å². The van der Waals surface area contributed by atoms with Crippen LogP contribution in [0.3, 0.4) is 0 Å². The number of hydrogen-bond donors (Lipinski definition) is 1. The molecule has 0 aliphatic heterocycles. The molecule has 1 rings (SSSR count). The molecule has 0 aliphatic rings. The SMILES string of the molecule is CCCCCCCC(CCC(C)O)C(N=O)c1ccccc1. The second kappa shape index (κ2) is 11.4. The third-order valence-electron chi connectivity index (χ3n) is 4.33. The summed E-state index contributed by atoms with van der Waals surface area (Å²) in [6.45, 7) is 4.03. The van der Waals surface area contributed by atoms with Gasteiger partial charge < -0.3 is 5.11 Å². The minimum atomic E-state index is -0.314. The summed E-state index contributed by atoms with van der Waals surface area (Å²) < 4.78 is 0. The van der Waals surface area contributed by atoms with E-state index in [0.29, 0.717) is 0 Å². The molecule has 1 N–H and O–H groups in total. The van der Waals surface area contributed by atoms with E-state index < -0.39 is 0 Å². The quantitative estimate of drug-likeness (QED) is 0.402. The maximum atomic E-state index is 11.4. The van der Waals surface area contributed by atoms with Gasteiger partial charge in [-0.25, -0.2) is 0 Å². The Balaban J connectivity index is 2.63. The lowest BCUT2D eigenvalue weighted by atomic mass is 9.85. The van der Waals surface area contributed by atoms with Crippen LogP contribution in [0.1, 0.15) is 76.8 Å². The zero-order chi connectivity index (χ0) is 16.2. The lowest BCUT2D eigenvalue weighted by molar-refractivity contribution is 0.167. The van der Waals surface area contributed by atoms with E-state index in [-0.39, 0.29) is 18.1 Å². The van der Waals surface area contributed by atoms with Gasteiger partial charge >= 0.3 is 0 Å². The zero-order valence-electron chi connectivity index (χ0n) is 14.1. The van der Waals surface area contributed by atoms with Crippen LogP contribution >= 0.6 is 0 Å². The number of rotatable bonds is 12. The number of nitrogens with zero attached hydrogens (tertiary/aromatic N) is 1. The summed E-state index contributed by atoms with van der Waals surface area (Å²) >= 11 is 0. The van der Waals surface area contributed by atoms with Gasteiger partial charge in [-0.2, -0.15) is 4.91 Å². The molecule has 0 fully saturated rings. The molecule has 1 aromatic carbocycles. The van der Waals surface area contributed by atoms with Gasteiger partial charge in [-0.3, -0.25) is 0 Å². The molecule has 3 nitrogen and oxygen atoms in total. The molecular formula is C19H31NO2. The average Bonchev–Trinajstić information content (AvgIpc) is 2.53. The molecule has 3 unspecified atom stereocenters. The molecule has 0 spiro atoms. The van der Waals surface area contributed by atoms with Gasteiger partial charge in [0.2, 0.25) is 0 Å². The summed E-state index contributed by atoms with van der Waals surface area (Å²) in [5, 5.41) is 13.0. The van der Waals surface area contributed by atoms with Crippen molar-refractivity contribution in [2.75, 3.05) is 0 Å². The van der Waals surface area contributed by atoms with Gasteiger partial charge in [0.1, 0.15) is 6.04 Å². The van der Waals surface area contributed by atoms with Gasteiger partial charge in [-0.1, -0.05) is 74.5 Å². The molecule has 0 aliphatic carbocycles. The van der Waals surface area contributed by atoms with Crippen molar-refractivity contribution in [3.63, 3.8) is 0 Å². The van der Waals surface area contributed by atoms with E-state index in [9.17, 15) is 10.0 Å². The standard InChI is InChI=1S/C19H31NO2/c1-3-4-5-6-8-13-18(15-14-16(2)21)19(20-22)17-11-9-7-10-12-17/h7,9-12,16,18-19,21H,3-6,8,13-15H2,1-2H3. The van der Waals surface area contributed by atoms with E-state index in [1.807, 2.05) is 37.3 Å². The highest BCUT2D eigenvalue weighted by Crippen LogP contribution is 2.33. The summed E-state index contributed by atoms with van der Waals surface area (Å²) in [6.07, 6.45) is 8.45. The lowest BCUT2D eigenvalue weighted by Crippen LogP contribution is -2.14. The van der Waals surface area contributed by atoms with E-state index >= 15 is 0 Å². The second-order valence-electron chi connectivity index (χ2n) is 6.35. The Morgan fingerprint density at radius 2 is 1.68 bits per heavy atom. The molecule has 124 valence electrons. The van der Waals surface area contributed by atoms with Gasteiger partial charge in [0.25, 0.3) is 0 Å². The van der Waals surface area contributed by atoms with Crippen LogP contribution in [0.5, 0.6) is 0 Å². The minimum Gasteiger partial charge on any atom is -0.393 e. The van der Waals surface area contributed by atoms with Crippen LogP contribution in [-0.4, -0.2) is 11.2 Å². The Bertz CT molecular complexity index is 392. The van der Waals surface area contributed by atoms with Crippen molar-refractivity contribution in [2.24, 2.45) is 11.1 Å². The van der Waals surface area contributed by atoms with Crippen LogP contribution in [0, 0.1) is 10.8 Å². The van der Waals surface area contributed by atoms with E-state index in [0.717, 1.165) is 31.2 Å². The molecular weight excluding hydrogens is 274 g/mol. The highest BCUT2D eigenvalue weighted by atomic mass is 16.3. The first kappa shape index (κ1) is 18.8. The molecule has 0 aromatic heterocycles. The molecule has 0 amide bonds. The van der Waals surface area contributed by atoms with Crippen LogP contribution in [0.4, 0.5) is 0 Å². The maximum absolute atomic E-state index is 11.4. The predicted molar refractivity (Wildman–Crippen MR) is 92.8 cm³/mol. The first-order chi connectivity index (χ1) is 10.7. The highest BCUT2D eigenvalue weighted by Gasteiger charge is 2.24. The molecule has 3 atom stereocenters. The number of benzene rings is 1. The predicted octanol–water partition coefficient (Wildman–Crippen LogP) is 5.63. The van der Waals surface area contributed by atoms with Crippen molar-refractivity contribution in [2.45, 2.75) is 77.4 Å². The van der Waals surface area contributed by atoms with Crippen molar-refractivity contribution in [3.05, 3.63) is 40.8 Å². The minimum absolute atomic E-state index is 0.233. The smallest absolute Gasteiger partial charge is 0.120 e. The van der Waals surface area contributed by atoms with Gasteiger partial charge in [-0.05, 0) is 37.7 Å². The molecule has 3 heteroatoms. The fourth-order valence-corrected chi connectivity index (χ4v) is 2.99. The summed E-state index contributed by atoms with van der Waals surface area (Å²) in [5.41, 5.74) is 1.00. The fourth-order valence-electron chi connectivity index (χ4n) is 2.99. The topological polar surface area (TPSA) is 49.7 Å². The Kier molecular flexibility index (Phi) is 9.72. The summed E-state index contributed by atoms with van der Waals surface area (Å²) in [7, 11) is 0. The summed E-state index contributed by atoms with van der Waals surface area (Å²) in [4.78, 5) is 11.4. The number of nitroso groups, excluding NO2 is 1. The first-order valence-corrected chi connectivity index (χ1v) is 8.74. The van der Waals surface area contributed by atoms with Crippen molar-refractivity contribution in [1.82, 2.24) is 0 Å². The van der Waals surface area contributed by atoms with Crippen molar-refractivity contribution in [1.29, 1.82) is 0 Å². The third-order valence-corrected chi connectivity index (χ3v) is 4.33. The monoisotopic (exact) mass is 305 g/mol. The van der Waals surface area contributed by atoms with Crippen LogP contribution in [0.15, 0.2) is 35.5 Å². The molecule has 22 heavy (non-hydrogen) atoms. The van der Waals surface area contributed by atoms with Crippen LogP contribution in [0.25, 0.3) is 0 Å². The second-order valence-corrected chi connectivity index (χ2v) is 6.35. The van der Waals surface area contributed by atoms with Crippen LogP contribution < -0.4 is 0 Å². The Hall–Kier alpha value is -1.22. The number of unbranched alkanes of at least 4 members (excludes halogenated alkanes) is 4. The van der Waals surface area contributed by atoms with Crippen molar-refractivity contribution < 1.29 is 5.11 Å². The Morgan fingerprint density at radius 1 is 1.00 bits per heavy atom. The first-order valence-electron chi connectivity index (χ1n) is 8.74. The molecule has 1 aromatic rings. The fraction of sp³-hybridized carbons (Fsp3) is 0.684. The molecule has 0 heterocycles. The number of aliphatic hydroxyl groups is 1. The zero-order valence-corrected chi connectivity index (χ0v) is 14.1. The molecule has 0 saturated heterocycles. The summed E-state index contributed by atoms with van der Waals surface area (Å²) in [5.74, 6) is 0.233.